The normalized spacial score (nSPS) is 22.4. The van der Waals surface area contributed by atoms with Gasteiger partial charge in [-0.25, -0.2) is 0 Å². The van der Waals surface area contributed by atoms with Crippen LogP contribution in [0, 0.1) is 0 Å². The fourth-order valence-electron chi connectivity index (χ4n) is 2.76. The molecule has 1 saturated heterocycles. The van der Waals surface area contributed by atoms with Gasteiger partial charge in [0.1, 0.15) is 0 Å². The lowest BCUT2D eigenvalue weighted by atomic mass is 10.1. The summed E-state index contributed by atoms with van der Waals surface area (Å²) in [6.45, 7) is 2.32. The molecule has 1 amide bonds. The topological polar surface area (TPSA) is 71.3 Å². The quantitative estimate of drug-likeness (QED) is 0.928. The lowest BCUT2D eigenvalue weighted by molar-refractivity contribution is -0.119. The smallest absolute Gasteiger partial charge is 0.244 e. The SMILES string of the molecule is CC(=O)N[C@@H]1C[C@@H](c2nc(-c3ccccc3)no2)N(C)C1. The van der Waals surface area contributed by atoms with E-state index in [4.69, 9.17) is 4.52 Å². The number of benzene rings is 1. The first-order valence-electron chi connectivity index (χ1n) is 7.00. The second-order valence-electron chi connectivity index (χ2n) is 5.41. The zero-order valence-corrected chi connectivity index (χ0v) is 12.1. The molecule has 1 aliphatic heterocycles. The Labute approximate surface area is 123 Å². The van der Waals surface area contributed by atoms with E-state index < -0.39 is 0 Å². The van der Waals surface area contributed by atoms with E-state index in [1.807, 2.05) is 37.4 Å². The van der Waals surface area contributed by atoms with Crippen molar-refractivity contribution >= 4 is 5.91 Å². The number of carbonyl (C=O) groups excluding carboxylic acids is 1. The first-order valence-corrected chi connectivity index (χ1v) is 7.00. The summed E-state index contributed by atoms with van der Waals surface area (Å²) in [6.07, 6.45) is 0.784. The highest BCUT2D eigenvalue weighted by Crippen LogP contribution is 2.30. The van der Waals surface area contributed by atoms with Crippen molar-refractivity contribution in [1.82, 2.24) is 20.4 Å². The number of nitrogens with one attached hydrogen (secondary N) is 1. The van der Waals surface area contributed by atoms with E-state index in [9.17, 15) is 4.79 Å². The molecule has 0 aliphatic carbocycles. The number of rotatable bonds is 3. The summed E-state index contributed by atoms with van der Waals surface area (Å²) in [5.74, 6) is 1.19. The first kappa shape index (κ1) is 13.8. The monoisotopic (exact) mass is 286 g/mol. The van der Waals surface area contributed by atoms with Crippen LogP contribution < -0.4 is 5.32 Å². The van der Waals surface area contributed by atoms with Gasteiger partial charge in [0.2, 0.25) is 17.6 Å². The van der Waals surface area contributed by atoms with Crippen molar-refractivity contribution in [3.05, 3.63) is 36.2 Å². The summed E-state index contributed by atoms with van der Waals surface area (Å²) in [5.41, 5.74) is 0.937. The fourth-order valence-corrected chi connectivity index (χ4v) is 2.76. The maximum Gasteiger partial charge on any atom is 0.244 e. The van der Waals surface area contributed by atoms with Crippen LogP contribution in [-0.2, 0) is 4.79 Å². The van der Waals surface area contributed by atoms with Crippen molar-refractivity contribution in [2.45, 2.75) is 25.4 Å². The Morgan fingerprint density at radius 1 is 1.38 bits per heavy atom. The third-order valence-electron chi connectivity index (χ3n) is 3.71. The highest BCUT2D eigenvalue weighted by atomic mass is 16.5. The molecule has 0 radical (unpaired) electrons. The number of likely N-dealkylation sites (N-methyl/N-ethyl adjacent to an activating group) is 1. The zero-order valence-electron chi connectivity index (χ0n) is 12.1. The van der Waals surface area contributed by atoms with Crippen molar-refractivity contribution in [2.75, 3.05) is 13.6 Å². The second kappa shape index (κ2) is 5.65. The summed E-state index contributed by atoms with van der Waals surface area (Å²) in [5, 5.41) is 6.99. The minimum Gasteiger partial charge on any atom is -0.352 e. The largest absolute Gasteiger partial charge is 0.352 e. The summed E-state index contributed by atoms with van der Waals surface area (Å²) >= 11 is 0. The Balaban J connectivity index is 1.76. The predicted octanol–water partition coefficient (Wildman–Crippen LogP) is 1.62. The lowest BCUT2D eigenvalue weighted by Crippen LogP contribution is -2.34. The van der Waals surface area contributed by atoms with Crippen LogP contribution in [0.5, 0.6) is 0 Å². The zero-order chi connectivity index (χ0) is 14.8. The maximum atomic E-state index is 11.2. The molecule has 1 N–H and O–H groups in total. The van der Waals surface area contributed by atoms with E-state index in [-0.39, 0.29) is 18.0 Å². The van der Waals surface area contributed by atoms with E-state index in [1.54, 1.807) is 0 Å². The van der Waals surface area contributed by atoms with Crippen LogP contribution in [0.1, 0.15) is 25.3 Å². The van der Waals surface area contributed by atoms with Gasteiger partial charge in [-0.3, -0.25) is 9.69 Å². The van der Waals surface area contributed by atoms with Crippen molar-refractivity contribution in [3.63, 3.8) is 0 Å². The number of amides is 1. The Kier molecular flexibility index (Phi) is 3.70. The standard InChI is InChI=1S/C15H18N4O2/c1-10(20)16-12-8-13(19(2)9-12)15-17-14(18-21-15)11-6-4-3-5-7-11/h3-7,12-13H,8-9H2,1-2H3,(H,16,20)/t12-,13+/m1/s1. The van der Waals surface area contributed by atoms with E-state index in [0.29, 0.717) is 11.7 Å². The number of hydrogen-bond acceptors (Lipinski definition) is 5. The number of likely N-dealkylation sites (tertiary alicyclic amines) is 1. The number of carbonyl (C=O) groups is 1. The van der Waals surface area contributed by atoms with E-state index >= 15 is 0 Å². The Morgan fingerprint density at radius 2 is 2.14 bits per heavy atom. The second-order valence-corrected chi connectivity index (χ2v) is 5.41. The molecule has 0 bridgehead atoms. The van der Waals surface area contributed by atoms with E-state index in [2.05, 4.69) is 20.4 Å². The van der Waals surface area contributed by atoms with Gasteiger partial charge in [0.05, 0.1) is 6.04 Å². The van der Waals surface area contributed by atoms with Gasteiger partial charge in [0, 0.05) is 25.1 Å². The average molecular weight is 286 g/mol. The van der Waals surface area contributed by atoms with Gasteiger partial charge in [-0.05, 0) is 13.5 Å². The first-order chi connectivity index (χ1) is 10.1. The van der Waals surface area contributed by atoms with Gasteiger partial charge in [0.25, 0.3) is 0 Å². The van der Waals surface area contributed by atoms with Gasteiger partial charge < -0.3 is 9.84 Å². The third kappa shape index (κ3) is 2.95. The molecule has 6 heteroatoms. The molecule has 2 aromatic rings. The lowest BCUT2D eigenvalue weighted by Gasteiger charge is -2.13. The molecule has 0 spiro atoms. The van der Waals surface area contributed by atoms with Gasteiger partial charge in [-0.1, -0.05) is 35.5 Å². The van der Waals surface area contributed by atoms with Crippen LogP contribution >= 0.6 is 0 Å². The Hall–Kier alpha value is -2.21. The molecule has 1 aromatic carbocycles. The highest BCUT2D eigenvalue weighted by molar-refractivity contribution is 5.73. The molecule has 1 aliphatic rings. The molecule has 2 heterocycles. The van der Waals surface area contributed by atoms with Crippen molar-refractivity contribution in [1.29, 1.82) is 0 Å². The van der Waals surface area contributed by atoms with Crippen LogP contribution in [0.3, 0.4) is 0 Å². The molecule has 1 fully saturated rings. The third-order valence-corrected chi connectivity index (χ3v) is 3.71. The molecule has 3 rings (SSSR count). The van der Waals surface area contributed by atoms with E-state index in [0.717, 1.165) is 18.5 Å². The van der Waals surface area contributed by atoms with Gasteiger partial charge in [-0.15, -0.1) is 0 Å². The fraction of sp³-hybridized carbons (Fsp3) is 0.400. The molecule has 21 heavy (non-hydrogen) atoms. The van der Waals surface area contributed by atoms with Gasteiger partial charge >= 0.3 is 0 Å². The Morgan fingerprint density at radius 3 is 2.86 bits per heavy atom. The Bertz CT molecular complexity index is 626. The van der Waals surface area contributed by atoms with Crippen molar-refractivity contribution in [2.24, 2.45) is 0 Å². The molecule has 0 unspecified atom stereocenters. The van der Waals surface area contributed by atoms with Gasteiger partial charge in [0.15, 0.2) is 0 Å². The molecule has 110 valence electrons. The minimum absolute atomic E-state index is 0.00967. The molecular formula is C15H18N4O2. The van der Waals surface area contributed by atoms with Crippen molar-refractivity contribution in [3.8, 4) is 11.4 Å². The number of hydrogen-bond donors (Lipinski definition) is 1. The van der Waals surface area contributed by atoms with Crippen LogP contribution in [0.15, 0.2) is 34.9 Å². The molecule has 0 saturated carbocycles. The molecule has 1 aromatic heterocycles. The predicted molar refractivity (Wildman–Crippen MR) is 77.3 cm³/mol. The summed E-state index contributed by atoms with van der Waals surface area (Å²) < 4.78 is 5.41. The number of nitrogens with zero attached hydrogens (tertiary/aromatic N) is 3. The maximum absolute atomic E-state index is 11.2. The van der Waals surface area contributed by atoms with Gasteiger partial charge in [-0.2, -0.15) is 4.98 Å². The summed E-state index contributed by atoms with van der Waals surface area (Å²) in [7, 11) is 2.00. The molecule has 2 atom stereocenters. The number of aromatic nitrogens is 2. The minimum atomic E-state index is -0.00967. The highest BCUT2D eigenvalue weighted by Gasteiger charge is 2.34. The molecular weight excluding hydrogens is 268 g/mol. The van der Waals surface area contributed by atoms with Crippen LogP contribution in [0.2, 0.25) is 0 Å². The van der Waals surface area contributed by atoms with E-state index in [1.165, 1.54) is 6.92 Å². The van der Waals surface area contributed by atoms with Crippen LogP contribution in [0.25, 0.3) is 11.4 Å². The van der Waals surface area contributed by atoms with Crippen molar-refractivity contribution < 1.29 is 9.32 Å². The van der Waals surface area contributed by atoms with Crippen LogP contribution in [0.4, 0.5) is 0 Å². The van der Waals surface area contributed by atoms with Crippen LogP contribution in [-0.4, -0.2) is 40.6 Å². The average Bonchev–Trinajstić information content (AvgIpc) is 3.06. The summed E-state index contributed by atoms with van der Waals surface area (Å²) in [4.78, 5) is 17.8. The summed E-state index contributed by atoms with van der Waals surface area (Å²) in [6, 6.07) is 9.92. The molecule has 6 nitrogen and oxygen atoms in total.